The van der Waals surface area contributed by atoms with Crippen LogP contribution in [0.4, 0.5) is 0 Å². The maximum Gasteiger partial charge on any atom is 0.368 e. The Morgan fingerprint density at radius 2 is 2.00 bits per heavy atom. The molecule has 2 aromatic heterocycles. The van der Waals surface area contributed by atoms with Crippen molar-refractivity contribution in [2.45, 2.75) is 39.2 Å². The molecule has 0 bridgehead atoms. The first-order valence-corrected chi connectivity index (χ1v) is 11.2. The Morgan fingerprint density at radius 3 is 2.65 bits per heavy atom. The van der Waals surface area contributed by atoms with Crippen LogP contribution in [0.15, 0.2) is 46.6 Å². The number of rotatable bonds is 6. The molecule has 1 saturated carbocycles. The van der Waals surface area contributed by atoms with Crippen LogP contribution in [0.1, 0.15) is 41.1 Å². The lowest BCUT2D eigenvalue weighted by Gasteiger charge is -2.16. The molecule has 1 aliphatic carbocycles. The van der Waals surface area contributed by atoms with Gasteiger partial charge in [-0.15, -0.1) is 11.3 Å². The predicted molar refractivity (Wildman–Crippen MR) is 120 cm³/mol. The minimum absolute atomic E-state index is 0.270. The summed E-state index contributed by atoms with van der Waals surface area (Å²) in [6.45, 7) is 4.41. The van der Waals surface area contributed by atoms with Crippen LogP contribution >= 0.6 is 11.3 Å². The molecule has 4 aromatic rings. The molecular formula is C23H23N5O2S. The van der Waals surface area contributed by atoms with E-state index in [0.29, 0.717) is 12.5 Å². The van der Waals surface area contributed by atoms with Gasteiger partial charge in [-0.2, -0.15) is 9.36 Å². The zero-order valence-corrected chi connectivity index (χ0v) is 18.5. The average molecular weight is 434 g/mol. The van der Waals surface area contributed by atoms with E-state index in [1.165, 1.54) is 14.9 Å². The summed E-state index contributed by atoms with van der Waals surface area (Å²) < 4.78 is 8.85. The SMILES string of the molecule is Cc1csc(-c2ccc(OCc3c(C4CC4)cccc3-n3nnn(C)c3=O)c(C)c2)n1. The van der Waals surface area contributed by atoms with Gasteiger partial charge in [-0.25, -0.2) is 9.78 Å². The first kappa shape index (κ1) is 19.7. The molecule has 0 radical (unpaired) electrons. The summed E-state index contributed by atoms with van der Waals surface area (Å²) in [6.07, 6.45) is 2.32. The van der Waals surface area contributed by atoms with E-state index in [-0.39, 0.29) is 5.69 Å². The highest BCUT2D eigenvalue weighted by molar-refractivity contribution is 7.13. The monoisotopic (exact) mass is 433 g/mol. The Hall–Kier alpha value is -3.26. The van der Waals surface area contributed by atoms with E-state index in [0.717, 1.165) is 51.7 Å². The Morgan fingerprint density at radius 1 is 1.16 bits per heavy atom. The Kier molecular flexibility index (Phi) is 4.94. The van der Waals surface area contributed by atoms with Crippen LogP contribution in [-0.2, 0) is 13.7 Å². The van der Waals surface area contributed by atoms with Crippen molar-refractivity contribution in [3.63, 3.8) is 0 Å². The van der Waals surface area contributed by atoms with E-state index in [1.54, 1.807) is 18.4 Å². The molecule has 0 saturated heterocycles. The summed E-state index contributed by atoms with van der Waals surface area (Å²) in [5, 5.41) is 11.0. The van der Waals surface area contributed by atoms with Crippen LogP contribution in [0.5, 0.6) is 5.75 Å². The van der Waals surface area contributed by atoms with Crippen molar-refractivity contribution in [3.8, 4) is 22.0 Å². The maximum atomic E-state index is 12.5. The standard InChI is InChI=1S/C23H23N5O2S/c1-14-11-17(22-24-15(2)13-31-22)9-10-21(14)30-12-19-18(16-7-8-16)5-4-6-20(19)28-23(29)27(3)25-26-28/h4-6,9-11,13,16H,7-8,12H2,1-3H3. The first-order chi connectivity index (χ1) is 15.0. The Balaban J connectivity index is 1.46. The molecule has 0 spiro atoms. The van der Waals surface area contributed by atoms with Crippen LogP contribution in [0.25, 0.3) is 16.3 Å². The second-order valence-corrected chi connectivity index (χ2v) is 8.84. The molecule has 2 aromatic carbocycles. The molecule has 0 aliphatic heterocycles. The highest BCUT2D eigenvalue weighted by Gasteiger charge is 2.28. The third-order valence-corrected chi connectivity index (χ3v) is 6.58. The summed E-state index contributed by atoms with van der Waals surface area (Å²) in [6, 6.07) is 12.2. The molecule has 0 atom stereocenters. The number of aryl methyl sites for hydroxylation is 3. The number of benzene rings is 2. The van der Waals surface area contributed by atoms with E-state index in [9.17, 15) is 4.79 Å². The third kappa shape index (κ3) is 3.79. The number of ether oxygens (including phenoxy) is 1. The lowest BCUT2D eigenvalue weighted by molar-refractivity contribution is 0.302. The van der Waals surface area contributed by atoms with Crippen LogP contribution in [0, 0.1) is 13.8 Å². The number of aromatic nitrogens is 5. The normalized spacial score (nSPS) is 13.5. The van der Waals surface area contributed by atoms with Gasteiger partial charge in [0.15, 0.2) is 0 Å². The number of tetrazole rings is 1. The van der Waals surface area contributed by atoms with Crippen LogP contribution < -0.4 is 10.4 Å². The van der Waals surface area contributed by atoms with Gasteiger partial charge in [0.1, 0.15) is 17.4 Å². The van der Waals surface area contributed by atoms with Crippen molar-refractivity contribution in [2.24, 2.45) is 7.05 Å². The summed E-state index contributed by atoms with van der Waals surface area (Å²) in [5.74, 6) is 1.34. The van der Waals surface area contributed by atoms with Gasteiger partial charge in [-0.05, 0) is 78.4 Å². The lowest BCUT2D eigenvalue weighted by Crippen LogP contribution is -2.23. The largest absolute Gasteiger partial charge is 0.489 e. The molecule has 8 heteroatoms. The van der Waals surface area contributed by atoms with Crippen LogP contribution in [0.3, 0.4) is 0 Å². The summed E-state index contributed by atoms with van der Waals surface area (Å²) in [7, 11) is 1.60. The van der Waals surface area contributed by atoms with Crippen molar-refractivity contribution in [1.82, 2.24) is 24.8 Å². The quantitative estimate of drug-likeness (QED) is 0.456. The van der Waals surface area contributed by atoms with Crippen molar-refractivity contribution < 1.29 is 4.74 Å². The zero-order valence-electron chi connectivity index (χ0n) is 17.7. The first-order valence-electron chi connectivity index (χ1n) is 10.3. The van der Waals surface area contributed by atoms with Gasteiger partial charge in [0, 0.05) is 29.2 Å². The molecule has 5 rings (SSSR count). The van der Waals surface area contributed by atoms with Gasteiger partial charge in [0.25, 0.3) is 0 Å². The molecule has 31 heavy (non-hydrogen) atoms. The molecule has 0 unspecified atom stereocenters. The van der Waals surface area contributed by atoms with Crippen LogP contribution in [0.2, 0.25) is 0 Å². The second kappa shape index (κ2) is 7.77. The van der Waals surface area contributed by atoms with E-state index in [1.807, 2.05) is 38.1 Å². The molecule has 2 heterocycles. The van der Waals surface area contributed by atoms with Crippen LogP contribution in [-0.4, -0.2) is 24.8 Å². The lowest BCUT2D eigenvalue weighted by atomic mass is 10.0. The number of nitrogens with zero attached hydrogens (tertiary/aromatic N) is 5. The van der Waals surface area contributed by atoms with E-state index in [2.05, 4.69) is 32.9 Å². The number of thiazole rings is 1. The molecule has 0 N–H and O–H groups in total. The minimum Gasteiger partial charge on any atom is -0.489 e. The molecule has 1 aliphatic rings. The highest BCUT2D eigenvalue weighted by atomic mass is 32.1. The number of hydrogen-bond acceptors (Lipinski definition) is 6. The average Bonchev–Trinajstić information content (AvgIpc) is 3.44. The van der Waals surface area contributed by atoms with Crippen molar-refractivity contribution in [1.29, 1.82) is 0 Å². The third-order valence-electron chi connectivity index (χ3n) is 5.57. The van der Waals surface area contributed by atoms with Gasteiger partial charge in [-0.3, -0.25) is 0 Å². The van der Waals surface area contributed by atoms with Crippen molar-refractivity contribution in [2.75, 3.05) is 0 Å². The highest BCUT2D eigenvalue weighted by Crippen LogP contribution is 2.43. The van der Waals surface area contributed by atoms with Gasteiger partial charge in [0.2, 0.25) is 0 Å². The minimum atomic E-state index is -0.270. The summed E-state index contributed by atoms with van der Waals surface area (Å²) in [5.41, 5.74) is 5.85. The Bertz CT molecular complexity index is 1320. The molecular weight excluding hydrogens is 410 g/mol. The van der Waals surface area contributed by atoms with Crippen molar-refractivity contribution >= 4 is 11.3 Å². The maximum absolute atomic E-state index is 12.5. The fourth-order valence-electron chi connectivity index (χ4n) is 3.77. The fourth-order valence-corrected chi connectivity index (χ4v) is 4.56. The van der Waals surface area contributed by atoms with Gasteiger partial charge in [0.05, 0.1) is 5.69 Å². The smallest absolute Gasteiger partial charge is 0.368 e. The molecule has 0 amide bonds. The van der Waals surface area contributed by atoms with E-state index in [4.69, 9.17) is 4.74 Å². The van der Waals surface area contributed by atoms with Gasteiger partial charge >= 0.3 is 5.69 Å². The number of hydrogen-bond donors (Lipinski definition) is 0. The van der Waals surface area contributed by atoms with E-state index >= 15 is 0 Å². The van der Waals surface area contributed by atoms with Gasteiger partial charge in [-0.1, -0.05) is 12.1 Å². The van der Waals surface area contributed by atoms with Crippen molar-refractivity contribution in [3.05, 3.63) is 74.6 Å². The predicted octanol–water partition coefficient (Wildman–Crippen LogP) is 4.16. The molecule has 7 nitrogen and oxygen atoms in total. The molecule has 158 valence electrons. The Labute approximate surface area is 183 Å². The second-order valence-electron chi connectivity index (χ2n) is 7.98. The van der Waals surface area contributed by atoms with Gasteiger partial charge < -0.3 is 4.74 Å². The fraction of sp³-hybridized carbons (Fsp3) is 0.304. The topological polar surface area (TPSA) is 74.8 Å². The van der Waals surface area contributed by atoms with E-state index < -0.39 is 0 Å². The summed E-state index contributed by atoms with van der Waals surface area (Å²) >= 11 is 1.64. The summed E-state index contributed by atoms with van der Waals surface area (Å²) in [4.78, 5) is 17.0. The molecule has 1 fully saturated rings. The zero-order chi connectivity index (χ0) is 21.5.